The fraction of sp³-hybridized carbons (Fsp3) is 1.00. The monoisotopic (exact) mass is 440 g/mol. The van der Waals surface area contributed by atoms with Crippen LogP contribution in [0.25, 0.3) is 0 Å². The van der Waals surface area contributed by atoms with E-state index in [9.17, 15) is 5.11 Å². The van der Waals surface area contributed by atoms with Crippen LogP contribution in [0.3, 0.4) is 0 Å². The van der Waals surface area contributed by atoms with Crippen molar-refractivity contribution < 1.29 is 24.1 Å². The van der Waals surface area contributed by atoms with Gasteiger partial charge < -0.3 is 34.3 Å². The summed E-state index contributed by atoms with van der Waals surface area (Å²) in [6.07, 6.45) is 7.93. The summed E-state index contributed by atoms with van der Waals surface area (Å²) in [5.41, 5.74) is 0. The molecule has 0 bridgehead atoms. The van der Waals surface area contributed by atoms with Crippen LogP contribution >= 0.6 is 0 Å². The average molecular weight is 441 g/mol. The lowest BCUT2D eigenvalue weighted by molar-refractivity contribution is -0.269. The summed E-state index contributed by atoms with van der Waals surface area (Å²) in [5.74, 6) is 1.29. The zero-order valence-electron chi connectivity index (χ0n) is 19.7. The van der Waals surface area contributed by atoms with Crippen LogP contribution in [0.4, 0.5) is 0 Å². The summed E-state index contributed by atoms with van der Waals surface area (Å²) in [7, 11) is 4.04. The standard InChI is InChI=1S/C24H44N2O5/c1-16-12-20(26(2)3)23(27)24(30-16)31-18-9-5-4-8-17-13-25-19-14-29-21(22(17)19)15-28-11-7-6-10-18/h16-25,27H,4-15H2,1-3H3/t16-,17?,18?,19?,20+,21?,22?,23-,24+/m1/s1. The Labute approximate surface area is 188 Å². The Kier molecular flexibility index (Phi) is 8.65. The molecule has 0 radical (unpaired) electrons. The second kappa shape index (κ2) is 11.2. The molecule has 4 saturated heterocycles. The molecule has 0 aromatic rings. The van der Waals surface area contributed by atoms with Crippen molar-refractivity contribution in [2.24, 2.45) is 11.8 Å². The van der Waals surface area contributed by atoms with Gasteiger partial charge in [0, 0.05) is 24.6 Å². The van der Waals surface area contributed by atoms with Gasteiger partial charge in [-0.25, -0.2) is 0 Å². The van der Waals surface area contributed by atoms with E-state index in [1.807, 2.05) is 14.1 Å². The zero-order chi connectivity index (χ0) is 21.8. The normalized spacial score (nSPS) is 45.4. The van der Waals surface area contributed by atoms with Crippen LogP contribution in [-0.4, -0.2) is 93.3 Å². The molecule has 7 heteroatoms. The number of hydrogen-bond acceptors (Lipinski definition) is 7. The van der Waals surface area contributed by atoms with Gasteiger partial charge in [-0.3, -0.25) is 0 Å². The predicted molar refractivity (Wildman–Crippen MR) is 119 cm³/mol. The van der Waals surface area contributed by atoms with Crippen LogP contribution in [0.15, 0.2) is 0 Å². The first-order valence-corrected chi connectivity index (χ1v) is 12.6. The second-order valence-corrected chi connectivity index (χ2v) is 10.4. The maximum atomic E-state index is 10.9. The van der Waals surface area contributed by atoms with Crippen molar-refractivity contribution in [3.8, 4) is 0 Å². The fourth-order valence-corrected chi connectivity index (χ4v) is 6.11. The first-order valence-electron chi connectivity index (χ1n) is 12.6. The van der Waals surface area contributed by atoms with Crippen molar-refractivity contribution in [2.75, 3.05) is 40.5 Å². The number of nitrogens with one attached hydrogen (secondary N) is 1. The Balaban J connectivity index is 1.33. The Morgan fingerprint density at radius 3 is 2.61 bits per heavy atom. The van der Waals surface area contributed by atoms with Crippen LogP contribution in [0.1, 0.15) is 58.3 Å². The molecule has 0 spiro atoms. The van der Waals surface area contributed by atoms with Crippen LogP contribution in [0.5, 0.6) is 0 Å². The summed E-state index contributed by atoms with van der Waals surface area (Å²) in [4.78, 5) is 2.09. The van der Waals surface area contributed by atoms with Crippen molar-refractivity contribution in [3.05, 3.63) is 0 Å². The van der Waals surface area contributed by atoms with Gasteiger partial charge in [0.1, 0.15) is 6.10 Å². The maximum Gasteiger partial charge on any atom is 0.185 e. The van der Waals surface area contributed by atoms with Crippen LogP contribution in [0.2, 0.25) is 0 Å². The summed E-state index contributed by atoms with van der Waals surface area (Å²) >= 11 is 0. The molecule has 0 aromatic carbocycles. The molecule has 5 unspecified atom stereocenters. The smallest absolute Gasteiger partial charge is 0.185 e. The van der Waals surface area contributed by atoms with Gasteiger partial charge in [0.05, 0.1) is 31.5 Å². The molecule has 0 saturated carbocycles. The van der Waals surface area contributed by atoms with Gasteiger partial charge >= 0.3 is 0 Å². The average Bonchev–Trinajstić information content (AvgIpc) is 3.32. The molecule has 7 nitrogen and oxygen atoms in total. The second-order valence-electron chi connectivity index (χ2n) is 10.4. The van der Waals surface area contributed by atoms with Gasteiger partial charge in [-0.1, -0.05) is 12.8 Å². The third kappa shape index (κ3) is 5.99. The molecule has 180 valence electrons. The first kappa shape index (κ1) is 23.9. The van der Waals surface area contributed by atoms with Gasteiger partial charge in [0.25, 0.3) is 0 Å². The molecule has 0 amide bonds. The van der Waals surface area contributed by atoms with Crippen molar-refractivity contribution in [3.63, 3.8) is 0 Å². The molecule has 4 rings (SSSR count). The van der Waals surface area contributed by atoms with Gasteiger partial charge in [0.2, 0.25) is 0 Å². The van der Waals surface area contributed by atoms with Crippen LogP contribution < -0.4 is 5.32 Å². The summed E-state index contributed by atoms with van der Waals surface area (Å²) in [6, 6.07) is 0.587. The van der Waals surface area contributed by atoms with E-state index < -0.39 is 12.4 Å². The minimum Gasteiger partial charge on any atom is -0.386 e. The Bertz CT molecular complexity index is 550. The highest BCUT2D eigenvalue weighted by molar-refractivity contribution is 4.98. The predicted octanol–water partition coefficient (Wildman–Crippen LogP) is 2.16. The van der Waals surface area contributed by atoms with E-state index in [-0.39, 0.29) is 24.4 Å². The number of aliphatic hydroxyl groups is 1. The van der Waals surface area contributed by atoms with Crippen molar-refractivity contribution >= 4 is 0 Å². The van der Waals surface area contributed by atoms with E-state index in [1.54, 1.807) is 0 Å². The third-order valence-electron chi connectivity index (χ3n) is 7.87. The quantitative estimate of drug-likeness (QED) is 0.697. The fourth-order valence-electron chi connectivity index (χ4n) is 6.11. The molecule has 4 aliphatic rings. The first-order chi connectivity index (χ1) is 15.0. The van der Waals surface area contributed by atoms with E-state index >= 15 is 0 Å². The lowest BCUT2D eigenvalue weighted by Crippen LogP contribution is -2.54. The minimum absolute atomic E-state index is 0.0741. The molecule has 4 heterocycles. The molecule has 2 N–H and O–H groups in total. The third-order valence-corrected chi connectivity index (χ3v) is 7.87. The number of nitrogens with zero attached hydrogens (tertiary/aromatic N) is 1. The number of hydrogen-bond donors (Lipinski definition) is 2. The van der Waals surface area contributed by atoms with E-state index in [1.165, 1.54) is 12.8 Å². The van der Waals surface area contributed by atoms with Crippen molar-refractivity contribution in [1.82, 2.24) is 10.2 Å². The van der Waals surface area contributed by atoms with Gasteiger partial charge in [-0.05, 0) is 72.0 Å². The molecular formula is C24H44N2O5. The Hall–Kier alpha value is -0.280. The van der Waals surface area contributed by atoms with Gasteiger partial charge in [-0.15, -0.1) is 0 Å². The number of rotatable bonds is 3. The highest BCUT2D eigenvalue weighted by Gasteiger charge is 2.46. The molecule has 9 atom stereocenters. The maximum absolute atomic E-state index is 10.9. The van der Waals surface area contributed by atoms with Gasteiger partial charge in [0.15, 0.2) is 6.29 Å². The van der Waals surface area contributed by atoms with E-state index in [0.717, 1.165) is 64.9 Å². The topological polar surface area (TPSA) is 72.4 Å². The van der Waals surface area contributed by atoms with E-state index in [4.69, 9.17) is 18.9 Å². The van der Waals surface area contributed by atoms with Crippen LogP contribution in [-0.2, 0) is 18.9 Å². The highest BCUT2D eigenvalue weighted by Crippen LogP contribution is 2.36. The summed E-state index contributed by atoms with van der Waals surface area (Å²) in [5, 5.41) is 14.5. The van der Waals surface area contributed by atoms with Crippen LogP contribution in [0, 0.1) is 11.8 Å². The lowest BCUT2D eigenvalue weighted by Gasteiger charge is -2.42. The molecule has 31 heavy (non-hydrogen) atoms. The largest absolute Gasteiger partial charge is 0.386 e. The summed E-state index contributed by atoms with van der Waals surface area (Å²) in [6.45, 7) is 5.53. The molecule has 4 aliphatic heterocycles. The van der Waals surface area contributed by atoms with Crippen molar-refractivity contribution in [2.45, 2.75) is 101 Å². The van der Waals surface area contributed by atoms with E-state index in [2.05, 4.69) is 17.1 Å². The number of aliphatic hydroxyl groups excluding tert-OH is 1. The Morgan fingerprint density at radius 1 is 1.03 bits per heavy atom. The number of likely N-dealkylation sites (N-methyl/N-ethyl adjacent to an activating group) is 1. The van der Waals surface area contributed by atoms with Gasteiger partial charge in [-0.2, -0.15) is 0 Å². The minimum atomic E-state index is -0.608. The van der Waals surface area contributed by atoms with E-state index in [0.29, 0.717) is 17.9 Å². The molecule has 0 aliphatic carbocycles. The SMILES string of the molecule is C[C@@H]1C[C@H](N(C)C)[C@@H](O)[C@H](OC2CCCCOCC3OCC4NCC(CCCC2)C43)O1. The summed E-state index contributed by atoms with van der Waals surface area (Å²) < 4.78 is 24.5. The molecular weight excluding hydrogens is 396 g/mol. The lowest BCUT2D eigenvalue weighted by atomic mass is 9.84. The van der Waals surface area contributed by atoms with Crippen molar-refractivity contribution in [1.29, 1.82) is 0 Å². The zero-order valence-corrected chi connectivity index (χ0v) is 19.7. The Morgan fingerprint density at radius 2 is 1.81 bits per heavy atom. The number of ether oxygens (including phenoxy) is 4. The molecule has 4 fully saturated rings. The molecule has 0 aromatic heterocycles. The highest BCUT2D eigenvalue weighted by atomic mass is 16.7.